The number of aromatic nitrogens is 1. The average Bonchev–Trinajstić information content (AvgIpc) is 2.92. The summed E-state index contributed by atoms with van der Waals surface area (Å²) in [5.41, 5.74) is 2.89. The van der Waals surface area contributed by atoms with Gasteiger partial charge in [0.1, 0.15) is 0 Å². The number of hydrogen-bond acceptors (Lipinski definition) is 3. The van der Waals surface area contributed by atoms with Gasteiger partial charge in [-0.05, 0) is 50.0 Å². The number of pyridine rings is 1. The van der Waals surface area contributed by atoms with Crippen molar-refractivity contribution in [1.29, 1.82) is 0 Å². The Morgan fingerprint density at radius 3 is 2.52 bits per heavy atom. The van der Waals surface area contributed by atoms with Crippen LogP contribution < -0.4 is 5.32 Å². The maximum Gasteiger partial charge on any atom is 0.251 e. The summed E-state index contributed by atoms with van der Waals surface area (Å²) in [7, 11) is 0. The first-order valence-corrected chi connectivity index (χ1v) is 9.23. The average molecular weight is 337 g/mol. The van der Waals surface area contributed by atoms with Crippen molar-refractivity contribution in [2.75, 3.05) is 19.6 Å². The van der Waals surface area contributed by atoms with E-state index < -0.39 is 0 Å². The summed E-state index contributed by atoms with van der Waals surface area (Å²) in [6, 6.07) is 12.5. The number of amides is 1. The van der Waals surface area contributed by atoms with Gasteiger partial charge in [0, 0.05) is 24.5 Å². The van der Waals surface area contributed by atoms with Crippen LogP contribution in [0.25, 0.3) is 0 Å². The summed E-state index contributed by atoms with van der Waals surface area (Å²) in [6.45, 7) is 4.75. The molecule has 1 N–H and O–H groups in total. The molecule has 0 radical (unpaired) electrons. The van der Waals surface area contributed by atoms with E-state index in [1.54, 1.807) is 18.5 Å². The molecule has 0 spiro atoms. The molecule has 132 valence electrons. The zero-order chi connectivity index (χ0) is 17.5. The van der Waals surface area contributed by atoms with Crippen LogP contribution in [0.3, 0.4) is 0 Å². The predicted molar refractivity (Wildman–Crippen MR) is 101 cm³/mol. The standard InChI is InChI=1S/C21H27N3O/c1-17-15-22-12-11-19(17)21(25)23-16-20(18-9-5-4-6-10-18)24-13-7-2-3-8-14-24/h4-6,9-12,15,20H,2-3,7-8,13-14,16H2,1H3,(H,23,25)/t20-/m1/s1. The fraction of sp³-hybridized carbons (Fsp3) is 0.429. The lowest BCUT2D eigenvalue weighted by Crippen LogP contribution is -2.38. The Balaban J connectivity index is 1.73. The minimum Gasteiger partial charge on any atom is -0.350 e. The van der Waals surface area contributed by atoms with Crippen molar-refractivity contribution < 1.29 is 4.79 Å². The van der Waals surface area contributed by atoms with Crippen LogP contribution in [0.2, 0.25) is 0 Å². The molecule has 1 aromatic carbocycles. The van der Waals surface area contributed by atoms with Crippen LogP contribution in [0, 0.1) is 6.92 Å². The van der Waals surface area contributed by atoms with Gasteiger partial charge in [-0.15, -0.1) is 0 Å². The highest BCUT2D eigenvalue weighted by Gasteiger charge is 2.22. The molecular formula is C21H27N3O. The molecule has 0 bridgehead atoms. The summed E-state index contributed by atoms with van der Waals surface area (Å²) in [6.07, 6.45) is 8.49. The number of carbonyl (C=O) groups is 1. The Kier molecular flexibility index (Phi) is 6.18. The van der Waals surface area contributed by atoms with E-state index in [-0.39, 0.29) is 11.9 Å². The normalized spacial score (nSPS) is 16.8. The second-order valence-corrected chi connectivity index (χ2v) is 6.78. The molecule has 0 aliphatic carbocycles. The number of rotatable bonds is 5. The Labute approximate surface area is 150 Å². The van der Waals surface area contributed by atoms with Crippen molar-refractivity contribution in [3.8, 4) is 0 Å². The Hall–Kier alpha value is -2.20. The van der Waals surface area contributed by atoms with Crippen LogP contribution in [0.4, 0.5) is 0 Å². The maximum absolute atomic E-state index is 12.6. The highest BCUT2D eigenvalue weighted by molar-refractivity contribution is 5.95. The first kappa shape index (κ1) is 17.6. The molecule has 0 saturated carbocycles. The smallest absolute Gasteiger partial charge is 0.251 e. The maximum atomic E-state index is 12.6. The predicted octanol–water partition coefficient (Wildman–Crippen LogP) is 3.74. The molecule has 1 amide bonds. The largest absolute Gasteiger partial charge is 0.350 e. The van der Waals surface area contributed by atoms with Crippen LogP contribution in [0.1, 0.15) is 53.2 Å². The van der Waals surface area contributed by atoms with E-state index in [2.05, 4.69) is 39.5 Å². The van der Waals surface area contributed by atoms with Crippen molar-refractivity contribution in [2.24, 2.45) is 0 Å². The lowest BCUT2D eigenvalue weighted by atomic mass is 10.0. The summed E-state index contributed by atoms with van der Waals surface area (Å²) in [4.78, 5) is 19.2. The van der Waals surface area contributed by atoms with Gasteiger partial charge >= 0.3 is 0 Å². The van der Waals surface area contributed by atoms with Gasteiger partial charge in [0.15, 0.2) is 0 Å². The molecule has 1 fully saturated rings. The fourth-order valence-corrected chi connectivity index (χ4v) is 3.55. The van der Waals surface area contributed by atoms with Crippen LogP contribution in [0.5, 0.6) is 0 Å². The number of nitrogens with one attached hydrogen (secondary N) is 1. The van der Waals surface area contributed by atoms with Crippen molar-refractivity contribution in [3.05, 3.63) is 65.5 Å². The molecule has 4 nitrogen and oxygen atoms in total. The van der Waals surface area contributed by atoms with E-state index >= 15 is 0 Å². The van der Waals surface area contributed by atoms with Crippen molar-refractivity contribution in [3.63, 3.8) is 0 Å². The van der Waals surface area contributed by atoms with Crippen LogP contribution in [-0.2, 0) is 0 Å². The third-order valence-electron chi connectivity index (χ3n) is 4.99. The van der Waals surface area contributed by atoms with Gasteiger partial charge in [-0.3, -0.25) is 14.7 Å². The van der Waals surface area contributed by atoms with Crippen LogP contribution in [0.15, 0.2) is 48.8 Å². The number of nitrogens with zero attached hydrogens (tertiary/aromatic N) is 2. The molecule has 4 heteroatoms. The molecule has 1 aliphatic heterocycles. The van der Waals surface area contributed by atoms with Crippen molar-refractivity contribution in [2.45, 2.75) is 38.6 Å². The summed E-state index contributed by atoms with van der Waals surface area (Å²) in [5, 5.41) is 3.15. The molecule has 25 heavy (non-hydrogen) atoms. The minimum absolute atomic E-state index is 0.0179. The first-order valence-electron chi connectivity index (χ1n) is 9.23. The quantitative estimate of drug-likeness (QED) is 0.904. The van der Waals surface area contributed by atoms with Crippen molar-refractivity contribution in [1.82, 2.24) is 15.2 Å². The highest BCUT2D eigenvalue weighted by atomic mass is 16.1. The monoisotopic (exact) mass is 337 g/mol. The van der Waals surface area contributed by atoms with E-state index in [0.717, 1.165) is 18.7 Å². The number of aryl methyl sites for hydroxylation is 1. The topological polar surface area (TPSA) is 45.2 Å². The van der Waals surface area contributed by atoms with Gasteiger partial charge in [-0.25, -0.2) is 0 Å². The van der Waals surface area contributed by atoms with Crippen LogP contribution in [-0.4, -0.2) is 35.4 Å². The van der Waals surface area contributed by atoms with E-state index in [9.17, 15) is 4.79 Å². The van der Waals surface area contributed by atoms with Crippen molar-refractivity contribution >= 4 is 5.91 Å². The van der Waals surface area contributed by atoms with E-state index in [0.29, 0.717) is 12.1 Å². The molecule has 1 aromatic heterocycles. The van der Waals surface area contributed by atoms with Gasteiger partial charge in [-0.1, -0.05) is 43.2 Å². The Morgan fingerprint density at radius 2 is 1.84 bits per heavy atom. The Morgan fingerprint density at radius 1 is 1.12 bits per heavy atom. The lowest BCUT2D eigenvalue weighted by molar-refractivity contribution is 0.0932. The van der Waals surface area contributed by atoms with Crippen LogP contribution >= 0.6 is 0 Å². The SMILES string of the molecule is Cc1cnccc1C(=O)NC[C@H](c1ccccc1)N1CCCCCC1. The van der Waals surface area contributed by atoms with E-state index in [1.165, 1.54) is 31.2 Å². The number of hydrogen-bond donors (Lipinski definition) is 1. The lowest BCUT2D eigenvalue weighted by Gasteiger charge is -2.31. The number of benzene rings is 1. The molecule has 0 unspecified atom stereocenters. The van der Waals surface area contributed by atoms with E-state index in [4.69, 9.17) is 0 Å². The molecule has 2 heterocycles. The Bertz CT molecular complexity index is 679. The zero-order valence-electron chi connectivity index (χ0n) is 14.9. The molecule has 1 saturated heterocycles. The second-order valence-electron chi connectivity index (χ2n) is 6.78. The van der Waals surface area contributed by atoms with Gasteiger partial charge in [-0.2, -0.15) is 0 Å². The molecule has 1 aliphatic rings. The van der Waals surface area contributed by atoms with E-state index in [1.807, 2.05) is 13.0 Å². The second kappa shape index (κ2) is 8.77. The van der Waals surface area contributed by atoms with Gasteiger partial charge < -0.3 is 5.32 Å². The molecular weight excluding hydrogens is 310 g/mol. The number of carbonyl (C=O) groups excluding carboxylic acids is 1. The fourth-order valence-electron chi connectivity index (χ4n) is 3.55. The minimum atomic E-state index is -0.0179. The summed E-state index contributed by atoms with van der Waals surface area (Å²) >= 11 is 0. The summed E-state index contributed by atoms with van der Waals surface area (Å²) in [5.74, 6) is -0.0179. The zero-order valence-corrected chi connectivity index (χ0v) is 14.9. The van der Waals surface area contributed by atoms with Gasteiger partial charge in [0.05, 0.1) is 6.04 Å². The molecule has 2 aromatic rings. The summed E-state index contributed by atoms with van der Waals surface area (Å²) < 4.78 is 0. The molecule has 1 atom stereocenters. The third-order valence-corrected chi connectivity index (χ3v) is 4.99. The first-order chi connectivity index (χ1) is 12.3. The highest BCUT2D eigenvalue weighted by Crippen LogP contribution is 2.24. The number of likely N-dealkylation sites (tertiary alicyclic amines) is 1. The third kappa shape index (κ3) is 4.67. The van der Waals surface area contributed by atoms with Gasteiger partial charge in [0.2, 0.25) is 0 Å². The van der Waals surface area contributed by atoms with Gasteiger partial charge in [0.25, 0.3) is 5.91 Å². The molecule has 3 rings (SSSR count).